The maximum absolute atomic E-state index is 12.7. The number of piperazine rings is 1. The van der Waals surface area contributed by atoms with Crippen LogP contribution >= 0.6 is 0 Å². The molecule has 2 aromatic rings. The zero-order valence-corrected chi connectivity index (χ0v) is 20.7. The number of carbonyl (C=O) groups excluding carboxylic acids is 1. The second kappa shape index (κ2) is 11.5. The molecule has 0 spiro atoms. The molecule has 0 aliphatic carbocycles. The van der Waals surface area contributed by atoms with Crippen LogP contribution in [0.2, 0.25) is 0 Å². The van der Waals surface area contributed by atoms with Crippen LogP contribution in [-0.4, -0.2) is 69.6 Å². The first-order valence-corrected chi connectivity index (χ1v) is 13.4. The molecule has 0 unspecified atom stereocenters. The molecule has 0 saturated carbocycles. The summed E-state index contributed by atoms with van der Waals surface area (Å²) < 4.78 is 26.1. The zero-order chi connectivity index (χ0) is 23.8. The summed E-state index contributed by atoms with van der Waals surface area (Å²) in [6.07, 6.45) is 6.36. The molecule has 0 atom stereocenters. The van der Waals surface area contributed by atoms with E-state index in [1.54, 1.807) is 0 Å². The minimum Gasteiger partial charge on any atom is -0.340 e. The number of rotatable bonds is 9. The van der Waals surface area contributed by atoms with Gasteiger partial charge in [0.2, 0.25) is 15.9 Å². The summed E-state index contributed by atoms with van der Waals surface area (Å²) in [4.78, 5) is 16.9. The van der Waals surface area contributed by atoms with Crippen molar-refractivity contribution in [3.8, 4) is 0 Å². The van der Waals surface area contributed by atoms with E-state index in [4.69, 9.17) is 0 Å². The van der Waals surface area contributed by atoms with Crippen molar-refractivity contribution in [1.29, 1.82) is 0 Å². The van der Waals surface area contributed by atoms with E-state index < -0.39 is 10.0 Å². The topological polar surface area (TPSA) is 60.9 Å². The maximum Gasteiger partial charge on any atom is 0.232 e. The van der Waals surface area contributed by atoms with Crippen LogP contribution in [0.5, 0.6) is 0 Å². The van der Waals surface area contributed by atoms with Gasteiger partial charge in [0, 0.05) is 45.7 Å². The molecule has 1 aliphatic heterocycles. The first-order valence-electron chi connectivity index (χ1n) is 11.5. The van der Waals surface area contributed by atoms with Crippen LogP contribution in [0.25, 0.3) is 6.08 Å². The van der Waals surface area contributed by atoms with E-state index in [1.807, 2.05) is 55.1 Å². The highest BCUT2D eigenvalue weighted by Crippen LogP contribution is 2.22. The van der Waals surface area contributed by atoms with Crippen molar-refractivity contribution < 1.29 is 13.2 Å². The Balaban J connectivity index is 1.44. The van der Waals surface area contributed by atoms with E-state index in [0.29, 0.717) is 38.2 Å². The lowest BCUT2D eigenvalue weighted by Crippen LogP contribution is -2.48. The molecule has 7 heteroatoms. The summed E-state index contributed by atoms with van der Waals surface area (Å²) in [5.41, 5.74) is 4.02. The number of amides is 1. The van der Waals surface area contributed by atoms with Gasteiger partial charge < -0.3 is 4.90 Å². The van der Waals surface area contributed by atoms with Gasteiger partial charge in [0.05, 0.1) is 11.9 Å². The zero-order valence-electron chi connectivity index (χ0n) is 19.9. The maximum atomic E-state index is 12.7. The molecule has 0 bridgehead atoms. The summed E-state index contributed by atoms with van der Waals surface area (Å²) >= 11 is 0. The van der Waals surface area contributed by atoms with E-state index in [-0.39, 0.29) is 5.91 Å². The lowest BCUT2D eigenvalue weighted by atomic mass is 10.1. The monoisotopic (exact) mass is 469 g/mol. The van der Waals surface area contributed by atoms with Crippen molar-refractivity contribution in [3.63, 3.8) is 0 Å². The Kier molecular flexibility index (Phi) is 8.69. The van der Waals surface area contributed by atoms with Crippen LogP contribution < -0.4 is 4.31 Å². The number of nitrogens with zero attached hydrogens (tertiary/aromatic N) is 3. The van der Waals surface area contributed by atoms with E-state index in [9.17, 15) is 13.2 Å². The van der Waals surface area contributed by atoms with Gasteiger partial charge in [-0.05, 0) is 49.1 Å². The molecule has 0 radical (unpaired) electrons. The summed E-state index contributed by atoms with van der Waals surface area (Å²) in [5, 5.41) is 0. The van der Waals surface area contributed by atoms with Gasteiger partial charge in [-0.1, -0.05) is 48.6 Å². The van der Waals surface area contributed by atoms with E-state index in [2.05, 4.69) is 29.2 Å². The molecular formula is C26H35N3O3S. The number of aryl methyl sites for hydroxylation is 2. The molecule has 0 N–H and O–H groups in total. The van der Waals surface area contributed by atoms with Crippen LogP contribution in [0.3, 0.4) is 0 Å². The lowest BCUT2D eigenvalue weighted by molar-refractivity contribution is -0.132. The Bertz CT molecular complexity index is 1060. The largest absolute Gasteiger partial charge is 0.340 e. The number of sulfonamides is 1. The van der Waals surface area contributed by atoms with Crippen LogP contribution in [0.1, 0.15) is 29.5 Å². The fourth-order valence-electron chi connectivity index (χ4n) is 3.98. The third-order valence-electron chi connectivity index (χ3n) is 6.13. The lowest BCUT2D eigenvalue weighted by Gasteiger charge is -2.34. The quantitative estimate of drug-likeness (QED) is 0.562. The van der Waals surface area contributed by atoms with Gasteiger partial charge in [0.15, 0.2) is 0 Å². The Hall–Kier alpha value is -2.64. The summed E-state index contributed by atoms with van der Waals surface area (Å²) in [6.45, 7) is 8.28. The highest BCUT2D eigenvalue weighted by atomic mass is 32.2. The van der Waals surface area contributed by atoms with Gasteiger partial charge in [-0.15, -0.1) is 0 Å². The van der Waals surface area contributed by atoms with Crippen molar-refractivity contribution in [1.82, 2.24) is 9.80 Å². The molecule has 178 valence electrons. The SMILES string of the molecule is Cc1ccc(N(CCCC(=O)N2CCN(C/C=C/c3ccccc3)CC2)S(C)(=O)=O)cc1C. The smallest absolute Gasteiger partial charge is 0.232 e. The average molecular weight is 470 g/mol. The minimum absolute atomic E-state index is 0.100. The van der Waals surface area contributed by atoms with Crippen LogP contribution in [0.4, 0.5) is 5.69 Å². The average Bonchev–Trinajstić information content (AvgIpc) is 2.79. The molecule has 1 aliphatic rings. The molecule has 1 heterocycles. The van der Waals surface area contributed by atoms with E-state index in [1.165, 1.54) is 16.1 Å². The molecule has 1 saturated heterocycles. The number of benzene rings is 2. The first-order chi connectivity index (χ1) is 15.7. The standard InChI is InChI=1S/C26H35N3O3S/c1-22-13-14-25(21-23(22)2)29(33(3,31)32)16-8-12-26(30)28-19-17-27(18-20-28)15-7-11-24-9-5-4-6-10-24/h4-7,9-11,13-14,21H,8,12,15-20H2,1-3H3/b11-7+. The third-order valence-corrected chi connectivity index (χ3v) is 7.32. The number of carbonyl (C=O) groups is 1. The number of hydrogen-bond donors (Lipinski definition) is 0. The van der Waals surface area contributed by atoms with Crippen molar-refractivity contribution in [2.24, 2.45) is 0 Å². The van der Waals surface area contributed by atoms with Gasteiger partial charge in [-0.25, -0.2) is 8.42 Å². The van der Waals surface area contributed by atoms with Crippen LogP contribution in [-0.2, 0) is 14.8 Å². The highest BCUT2D eigenvalue weighted by Gasteiger charge is 2.22. The highest BCUT2D eigenvalue weighted by molar-refractivity contribution is 7.92. The molecular weight excluding hydrogens is 434 g/mol. The fourth-order valence-corrected chi connectivity index (χ4v) is 4.94. The van der Waals surface area contributed by atoms with Crippen LogP contribution in [0.15, 0.2) is 54.6 Å². The Labute approximate surface area is 198 Å². The third kappa shape index (κ3) is 7.44. The van der Waals surface area contributed by atoms with E-state index >= 15 is 0 Å². The summed E-state index contributed by atoms with van der Waals surface area (Å²) in [7, 11) is -3.41. The van der Waals surface area contributed by atoms with Crippen molar-refractivity contribution >= 4 is 27.7 Å². The molecule has 33 heavy (non-hydrogen) atoms. The molecule has 1 amide bonds. The van der Waals surface area contributed by atoms with Crippen molar-refractivity contribution in [3.05, 3.63) is 71.3 Å². The van der Waals surface area contributed by atoms with Crippen molar-refractivity contribution in [2.75, 3.05) is 49.8 Å². The van der Waals surface area contributed by atoms with Gasteiger partial charge in [-0.2, -0.15) is 0 Å². The fraction of sp³-hybridized carbons (Fsp3) is 0.423. The summed E-state index contributed by atoms with van der Waals surface area (Å²) in [5.74, 6) is 0.100. The van der Waals surface area contributed by atoms with Crippen LogP contribution in [0, 0.1) is 13.8 Å². The van der Waals surface area contributed by atoms with Gasteiger partial charge in [0.25, 0.3) is 0 Å². The normalized spacial score (nSPS) is 15.2. The predicted octanol–water partition coefficient (Wildman–Crippen LogP) is 3.71. The Morgan fingerprint density at radius 1 is 1.00 bits per heavy atom. The van der Waals surface area contributed by atoms with Gasteiger partial charge in [-0.3, -0.25) is 14.0 Å². The van der Waals surface area contributed by atoms with Gasteiger partial charge >= 0.3 is 0 Å². The molecule has 2 aromatic carbocycles. The minimum atomic E-state index is -3.41. The summed E-state index contributed by atoms with van der Waals surface area (Å²) in [6, 6.07) is 15.9. The molecule has 0 aromatic heterocycles. The predicted molar refractivity (Wildman–Crippen MR) is 136 cm³/mol. The Morgan fingerprint density at radius 2 is 1.70 bits per heavy atom. The molecule has 1 fully saturated rings. The molecule has 3 rings (SSSR count). The van der Waals surface area contributed by atoms with Crippen molar-refractivity contribution in [2.45, 2.75) is 26.7 Å². The van der Waals surface area contributed by atoms with Gasteiger partial charge in [0.1, 0.15) is 0 Å². The van der Waals surface area contributed by atoms with E-state index in [0.717, 1.165) is 30.8 Å². The number of hydrogen-bond acceptors (Lipinski definition) is 4. The number of anilines is 1. The molecule has 6 nitrogen and oxygen atoms in total. The first kappa shape index (κ1) is 25.0. The Morgan fingerprint density at radius 3 is 2.33 bits per heavy atom. The second-order valence-corrected chi connectivity index (χ2v) is 10.6. The second-order valence-electron chi connectivity index (χ2n) is 8.70.